The van der Waals surface area contributed by atoms with Gasteiger partial charge in [0.05, 0.1) is 6.54 Å². The zero-order chi connectivity index (χ0) is 19.6. The first-order chi connectivity index (χ1) is 12.9. The first-order valence-corrected chi connectivity index (χ1v) is 9.28. The van der Waals surface area contributed by atoms with E-state index in [0.29, 0.717) is 25.1 Å². The van der Waals surface area contributed by atoms with Gasteiger partial charge in [-0.05, 0) is 63.4 Å². The number of aliphatic carboxylic acids is 1. The molecule has 2 aromatic rings. The van der Waals surface area contributed by atoms with E-state index in [1.807, 2.05) is 19.9 Å². The number of carboxylic acids is 1. The number of halogens is 1. The van der Waals surface area contributed by atoms with E-state index < -0.39 is 12.0 Å². The van der Waals surface area contributed by atoms with Crippen molar-refractivity contribution in [1.82, 2.24) is 9.47 Å². The maximum atomic E-state index is 13.0. The number of nitrogens with zero attached hydrogens (tertiary/aromatic N) is 2. The van der Waals surface area contributed by atoms with Crippen LogP contribution in [0.15, 0.2) is 30.3 Å². The van der Waals surface area contributed by atoms with E-state index >= 15 is 0 Å². The molecule has 1 saturated heterocycles. The van der Waals surface area contributed by atoms with E-state index in [2.05, 4.69) is 4.57 Å². The van der Waals surface area contributed by atoms with Crippen molar-refractivity contribution in [2.45, 2.75) is 45.7 Å². The quantitative estimate of drug-likeness (QED) is 0.758. The van der Waals surface area contributed by atoms with E-state index in [0.717, 1.165) is 29.8 Å². The number of rotatable bonds is 7. The van der Waals surface area contributed by atoms with Crippen LogP contribution in [0.5, 0.6) is 0 Å². The van der Waals surface area contributed by atoms with Gasteiger partial charge < -0.3 is 9.67 Å². The summed E-state index contributed by atoms with van der Waals surface area (Å²) in [7, 11) is 0. The third kappa shape index (κ3) is 4.27. The molecule has 1 fully saturated rings. The van der Waals surface area contributed by atoms with Gasteiger partial charge in [0.1, 0.15) is 11.9 Å². The number of hydrogen-bond acceptors (Lipinski definition) is 3. The number of aryl methyl sites for hydroxylation is 2. The van der Waals surface area contributed by atoms with Gasteiger partial charge in [-0.1, -0.05) is 12.1 Å². The third-order valence-corrected chi connectivity index (χ3v) is 5.41. The summed E-state index contributed by atoms with van der Waals surface area (Å²) >= 11 is 0. The number of benzene rings is 1. The number of carboxylic acid groups (broad SMARTS) is 1. The summed E-state index contributed by atoms with van der Waals surface area (Å²) in [6, 6.07) is 7.78. The largest absolute Gasteiger partial charge is 0.480 e. The Kier molecular flexibility index (Phi) is 5.75. The minimum Gasteiger partial charge on any atom is -0.480 e. The predicted molar refractivity (Wildman–Crippen MR) is 101 cm³/mol. The second-order valence-corrected chi connectivity index (χ2v) is 7.20. The molecule has 0 bridgehead atoms. The molecule has 0 aliphatic carbocycles. The van der Waals surface area contributed by atoms with E-state index in [-0.39, 0.29) is 18.1 Å². The minimum atomic E-state index is -0.856. The van der Waals surface area contributed by atoms with Gasteiger partial charge in [-0.3, -0.25) is 14.5 Å². The summed E-state index contributed by atoms with van der Waals surface area (Å²) in [5, 5.41) is 9.28. The number of likely N-dealkylation sites (tertiary alicyclic amines) is 1. The Labute approximate surface area is 158 Å². The molecular weight excluding hydrogens is 347 g/mol. The Bertz CT molecular complexity index is 842. The van der Waals surface area contributed by atoms with Crippen molar-refractivity contribution in [3.8, 4) is 0 Å². The van der Waals surface area contributed by atoms with Gasteiger partial charge in [0.25, 0.3) is 0 Å². The van der Waals surface area contributed by atoms with Crippen LogP contribution in [-0.2, 0) is 17.8 Å². The molecule has 144 valence electrons. The van der Waals surface area contributed by atoms with Gasteiger partial charge >= 0.3 is 5.97 Å². The molecule has 0 amide bonds. The Morgan fingerprint density at radius 1 is 1.22 bits per heavy atom. The monoisotopic (exact) mass is 372 g/mol. The van der Waals surface area contributed by atoms with Crippen LogP contribution in [0.1, 0.15) is 40.2 Å². The van der Waals surface area contributed by atoms with Crippen LogP contribution in [-0.4, -0.2) is 45.5 Å². The smallest absolute Gasteiger partial charge is 0.320 e. The average Bonchev–Trinajstić information content (AvgIpc) is 3.19. The molecule has 2 heterocycles. The average molecular weight is 372 g/mol. The van der Waals surface area contributed by atoms with Crippen molar-refractivity contribution in [2.24, 2.45) is 0 Å². The molecule has 6 heteroatoms. The molecule has 3 rings (SSSR count). The van der Waals surface area contributed by atoms with Crippen LogP contribution in [0.4, 0.5) is 4.39 Å². The highest BCUT2D eigenvalue weighted by atomic mass is 19.1. The fourth-order valence-corrected chi connectivity index (χ4v) is 3.88. The highest BCUT2D eigenvalue weighted by Gasteiger charge is 2.32. The highest BCUT2D eigenvalue weighted by molar-refractivity contribution is 5.99. The van der Waals surface area contributed by atoms with Gasteiger partial charge in [-0.2, -0.15) is 0 Å². The maximum absolute atomic E-state index is 13.0. The van der Waals surface area contributed by atoms with Crippen LogP contribution in [0.25, 0.3) is 0 Å². The Hall–Kier alpha value is -2.47. The van der Waals surface area contributed by atoms with E-state index in [1.165, 1.54) is 12.1 Å². The molecule has 1 aliphatic heterocycles. The second-order valence-electron chi connectivity index (χ2n) is 7.20. The lowest BCUT2D eigenvalue weighted by molar-refractivity contribution is -0.141. The van der Waals surface area contributed by atoms with Crippen molar-refractivity contribution in [3.63, 3.8) is 0 Å². The zero-order valence-electron chi connectivity index (χ0n) is 15.7. The molecule has 1 unspecified atom stereocenters. The highest BCUT2D eigenvalue weighted by Crippen LogP contribution is 2.21. The van der Waals surface area contributed by atoms with E-state index in [4.69, 9.17) is 0 Å². The van der Waals surface area contributed by atoms with Crippen molar-refractivity contribution < 1.29 is 19.1 Å². The van der Waals surface area contributed by atoms with Crippen molar-refractivity contribution >= 4 is 11.8 Å². The lowest BCUT2D eigenvalue weighted by Gasteiger charge is -2.20. The molecule has 1 N–H and O–H groups in total. The fourth-order valence-electron chi connectivity index (χ4n) is 3.88. The van der Waals surface area contributed by atoms with Gasteiger partial charge in [-0.25, -0.2) is 4.39 Å². The van der Waals surface area contributed by atoms with Crippen LogP contribution >= 0.6 is 0 Å². The van der Waals surface area contributed by atoms with Crippen LogP contribution in [0, 0.1) is 19.7 Å². The van der Waals surface area contributed by atoms with Crippen LogP contribution < -0.4 is 0 Å². The molecule has 1 aliphatic rings. The lowest BCUT2D eigenvalue weighted by Crippen LogP contribution is -2.39. The first kappa shape index (κ1) is 19.3. The predicted octanol–water partition coefficient (Wildman–Crippen LogP) is 3.22. The second kappa shape index (κ2) is 8.05. The number of carbonyl (C=O) groups excluding carboxylic acids is 1. The normalized spacial score (nSPS) is 17.4. The topological polar surface area (TPSA) is 62.5 Å². The summed E-state index contributed by atoms with van der Waals surface area (Å²) in [4.78, 5) is 25.9. The Morgan fingerprint density at radius 2 is 1.93 bits per heavy atom. The maximum Gasteiger partial charge on any atom is 0.320 e. The van der Waals surface area contributed by atoms with Gasteiger partial charge in [0.15, 0.2) is 5.78 Å². The Morgan fingerprint density at radius 3 is 2.59 bits per heavy atom. The van der Waals surface area contributed by atoms with Crippen LogP contribution in [0.3, 0.4) is 0 Å². The minimum absolute atomic E-state index is 0.0377. The van der Waals surface area contributed by atoms with Gasteiger partial charge in [0, 0.05) is 23.5 Å². The Balaban J connectivity index is 1.70. The summed E-state index contributed by atoms with van der Waals surface area (Å²) in [6.07, 6.45) is 2.15. The molecule has 0 radical (unpaired) electrons. The fraction of sp³-hybridized carbons (Fsp3) is 0.429. The van der Waals surface area contributed by atoms with Crippen LogP contribution in [0.2, 0.25) is 0 Å². The summed E-state index contributed by atoms with van der Waals surface area (Å²) in [5.74, 6) is -1.14. The SMILES string of the molecule is Cc1cc(C(=O)CN2CCCC2C(=O)O)c(C)n1CCc1ccc(F)cc1. The van der Waals surface area contributed by atoms with Crippen molar-refractivity contribution in [2.75, 3.05) is 13.1 Å². The summed E-state index contributed by atoms with van der Waals surface area (Å²) in [6.45, 7) is 5.37. The van der Waals surface area contributed by atoms with E-state index in [1.54, 1.807) is 17.0 Å². The molecule has 1 aromatic carbocycles. The number of hydrogen-bond donors (Lipinski definition) is 1. The van der Waals surface area contributed by atoms with E-state index in [9.17, 15) is 19.1 Å². The number of aromatic nitrogens is 1. The third-order valence-electron chi connectivity index (χ3n) is 5.41. The van der Waals surface area contributed by atoms with Crippen molar-refractivity contribution in [3.05, 3.63) is 58.7 Å². The van der Waals surface area contributed by atoms with Gasteiger partial charge in [0.2, 0.25) is 0 Å². The number of ketones is 1. The standard InChI is InChI=1S/C21H25FN2O3/c1-14-12-18(20(25)13-23-10-3-4-19(23)21(26)27)15(2)24(14)11-9-16-5-7-17(22)8-6-16/h5-8,12,19H,3-4,9-11,13H2,1-2H3,(H,26,27). The molecule has 1 atom stereocenters. The first-order valence-electron chi connectivity index (χ1n) is 9.28. The van der Waals surface area contributed by atoms with Gasteiger partial charge in [-0.15, -0.1) is 0 Å². The lowest BCUT2D eigenvalue weighted by atomic mass is 10.1. The molecule has 1 aromatic heterocycles. The zero-order valence-corrected chi connectivity index (χ0v) is 15.7. The van der Waals surface area contributed by atoms with Crippen molar-refractivity contribution in [1.29, 1.82) is 0 Å². The molecule has 27 heavy (non-hydrogen) atoms. The molecule has 0 spiro atoms. The summed E-state index contributed by atoms with van der Waals surface area (Å²) in [5.41, 5.74) is 3.58. The molecule has 0 saturated carbocycles. The number of carbonyl (C=O) groups is 2. The summed E-state index contributed by atoms with van der Waals surface area (Å²) < 4.78 is 15.1. The molecule has 5 nitrogen and oxygen atoms in total. The number of Topliss-reactive ketones (excluding diaryl/α,β-unsaturated/α-hetero) is 1. The molecular formula is C21H25FN2O3.